The molecule has 0 aromatic carbocycles. The third kappa shape index (κ3) is 35.0. The maximum absolute atomic E-state index is 11.7. The van der Waals surface area contributed by atoms with Crippen molar-refractivity contribution in [3.63, 3.8) is 0 Å². The normalized spacial score (nSPS) is 10.9. The lowest BCUT2D eigenvalue weighted by molar-refractivity contribution is -0.124. The first kappa shape index (κ1) is 42.5. The molecule has 0 fully saturated rings. The topological polar surface area (TPSA) is 195 Å². The number of carbonyl (C=O) groups is 4. The van der Waals surface area contributed by atoms with Gasteiger partial charge >= 0.3 is 0 Å². The van der Waals surface area contributed by atoms with Crippen LogP contribution in [0.25, 0.3) is 0 Å². The number of ether oxygens (including phenoxy) is 6. The number of rotatable bonds is 34. The molecule has 0 aromatic rings. The summed E-state index contributed by atoms with van der Waals surface area (Å²) in [6, 6.07) is 0. The van der Waals surface area contributed by atoms with Crippen molar-refractivity contribution in [2.24, 2.45) is 5.73 Å². The van der Waals surface area contributed by atoms with E-state index in [9.17, 15) is 19.2 Å². The van der Waals surface area contributed by atoms with Gasteiger partial charge in [0.05, 0.1) is 79.3 Å². The molecule has 0 aromatic heterocycles. The Morgan fingerprint density at radius 1 is 0.523 bits per heavy atom. The van der Waals surface area contributed by atoms with Crippen LogP contribution in [0.5, 0.6) is 0 Å². The number of hydrogen-bond donors (Lipinski definition) is 4. The van der Waals surface area contributed by atoms with Gasteiger partial charge in [-0.05, 0) is 6.42 Å². The van der Waals surface area contributed by atoms with E-state index >= 15 is 0 Å². The molecular weight excluding hydrogens is 637 g/mol. The van der Waals surface area contributed by atoms with Crippen LogP contribution >= 0.6 is 21.6 Å². The molecule has 0 saturated carbocycles. The highest BCUT2D eigenvalue weighted by Crippen LogP contribution is 2.22. The van der Waals surface area contributed by atoms with E-state index < -0.39 is 0 Å². The Balaban J connectivity index is 3.22. The molecule has 0 aliphatic carbocycles. The lowest BCUT2D eigenvalue weighted by atomic mass is 10.2. The van der Waals surface area contributed by atoms with Crippen molar-refractivity contribution >= 4 is 55.7 Å². The van der Waals surface area contributed by atoms with Gasteiger partial charge in [0.1, 0.15) is 6.73 Å². The molecule has 0 heterocycles. The maximum Gasteiger partial charge on any atom is 0.246 e. The summed E-state index contributed by atoms with van der Waals surface area (Å²) in [5.41, 5.74) is 5.07. The van der Waals surface area contributed by atoms with Crippen LogP contribution in [0.2, 0.25) is 0 Å². The molecule has 15 nitrogen and oxygen atoms in total. The number of carbonyl (C=O) groups excluding carboxylic acids is 4. The van der Waals surface area contributed by atoms with Gasteiger partial charge in [0, 0.05) is 50.3 Å². The fourth-order valence-corrected chi connectivity index (χ4v) is 4.97. The molecule has 255 valence electrons. The fourth-order valence-electron chi connectivity index (χ4n) is 2.88. The van der Waals surface area contributed by atoms with Gasteiger partial charge in [0.2, 0.25) is 34.1 Å². The Morgan fingerprint density at radius 2 is 0.932 bits per heavy atom. The van der Waals surface area contributed by atoms with Crippen LogP contribution in [-0.4, -0.2) is 145 Å². The molecule has 5 N–H and O–H groups in total. The summed E-state index contributed by atoms with van der Waals surface area (Å²) in [6.07, 6.45) is 1.74. The molecule has 0 spiro atoms. The first-order chi connectivity index (χ1) is 21.5. The highest BCUT2D eigenvalue weighted by atomic mass is 33.1. The highest BCUT2D eigenvalue weighted by Gasteiger charge is 2.05. The Hall–Kier alpha value is -1.48. The number of primary amides is 1. The summed E-state index contributed by atoms with van der Waals surface area (Å²) in [5, 5.41) is 8.09. The van der Waals surface area contributed by atoms with E-state index in [2.05, 4.69) is 30.9 Å². The molecular formula is C26H49N4O11S2Si. The first-order valence-electron chi connectivity index (χ1n) is 14.5. The van der Waals surface area contributed by atoms with Gasteiger partial charge in [0.15, 0.2) is 0 Å². The third-order valence-corrected chi connectivity index (χ3v) is 7.67. The molecule has 4 amide bonds. The van der Waals surface area contributed by atoms with Crippen molar-refractivity contribution in [1.29, 1.82) is 0 Å². The minimum atomic E-state index is -0.316. The molecule has 0 aliphatic rings. The van der Waals surface area contributed by atoms with Crippen molar-refractivity contribution in [2.45, 2.75) is 32.1 Å². The summed E-state index contributed by atoms with van der Waals surface area (Å²) in [4.78, 5) is 45.6. The van der Waals surface area contributed by atoms with Gasteiger partial charge < -0.3 is 54.5 Å². The van der Waals surface area contributed by atoms with Crippen molar-refractivity contribution < 1.29 is 52.0 Å². The van der Waals surface area contributed by atoms with E-state index in [0.29, 0.717) is 123 Å². The zero-order chi connectivity index (χ0) is 32.4. The van der Waals surface area contributed by atoms with Crippen LogP contribution in [-0.2, 0) is 52.0 Å². The van der Waals surface area contributed by atoms with E-state index in [-0.39, 0.29) is 43.2 Å². The fraction of sp³-hybridized carbons (Fsp3) is 0.846. The van der Waals surface area contributed by atoms with Crippen LogP contribution in [0.4, 0.5) is 0 Å². The van der Waals surface area contributed by atoms with Crippen LogP contribution in [0, 0.1) is 0 Å². The summed E-state index contributed by atoms with van der Waals surface area (Å²) in [7, 11) is 5.94. The van der Waals surface area contributed by atoms with Crippen molar-refractivity contribution in [3.8, 4) is 0 Å². The van der Waals surface area contributed by atoms with E-state index in [0.717, 1.165) is 0 Å². The average Bonchev–Trinajstić information content (AvgIpc) is 2.99. The Morgan fingerprint density at radius 3 is 1.43 bits per heavy atom. The summed E-state index contributed by atoms with van der Waals surface area (Å²) < 4.78 is 37.1. The summed E-state index contributed by atoms with van der Waals surface area (Å²) in [5.74, 6) is 0.690. The largest absolute Gasteiger partial charge is 0.417 e. The number of amides is 4. The smallest absolute Gasteiger partial charge is 0.246 e. The molecule has 44 heavy (non-hydrogen) atoms. The van der Waals surface area contributed by atoms with Crippen molar-refractivity contribution in [3.05, 3.63) is 0 Å². The summed E-state index contributed by atoms with van der Waals surface area (Å²) in [6.45, 7) is 5.97. The van der Waals surface area contributed by atoms with E-state index in [1.54, 1.807) is 10.8 Å². The van der Waals surface area contributed by atoms with Gasteiger partial charge in [-0.25, -0.2) is 0 Å². The van der Waals surface area contributed by atoms with Crippen molar-refractivity contribution in [1.82, 2.24) is 16.0 Å². The lowest BCUT2D eigenvalue weighted by Crippen LogP contribution is -2.29. The number of nitrogens with one attached hydrogen (secondary N) is 3. The molecule has 0 aliphatic heterocycles. The van der Waals surface area contributed by atoms with Crippen molar-refractivity contribution in [2.75, 3.05) is 111 Å². The number of nitrogens with two attached hydrogens (primary N) is 1. The summed E-state index contributed by atoms with van der Waals surface area (Å²) >= 11 is 0. The van der Waals surface area contributed by atoms with E-state index in [1.165, 1.54) is 10.8 Å². The molecule has 0 atom stereocenters. The third-order valence-electron chi connectivity index (χ3n) is 5.06. The zero-order valence-electron chi connectivity index (χ0n) is 25.4. The van der Waals surface area contributed by atoms with Crippen LogP contribution in [0.3, 0.4) is 0 Å². The second kappa shape index (κ2) is 34.4. The quantitative estimate of drug-likeness (QED) is 0.0288. The zero-order valence-corrected chi connectivity index (χ0v) is 28.1. The maximum atomic E-state index is 11.7. The molecule has 0 unspecified atom stereocenters. The second-order valence-corrected chi connectivity index (χ2v) is 11.7. The molecule has 18 heteroatoms. The standard InChI is InChI=1S/C26H49N4O11S2Si/c27-23(31)4-20-42-43-21-5-26(34)28-6-8-35-10-11-36-12-13-37-14-15-38-16-17-39-18-19-40-22-30-25(33)3-1-2-24(32)29-7-9-41-44/h1-22H2,(H2,27,31)(H,28,34)(H,29,32)(H,30,33). The Kier molecular flexibility index (Phi) is 33.2. The minimum Gasteiger partial charge on any atom is -0.417 e. The first-order valence-corrected chi connectivity index (χ1v) is 17.4. The minimum absolute atomic E-state index is 0.0310. The predicted molar refractivity (Wildman–Crippen MR) is 168 cm³/mol. The Labute approximate surface area is 271 Å². The second-order valence-electron chi connectivity index (χ2n) is 8.73. The molecule has 3 radical (unpaired) electrons. The van der Waals surface area contributed by atoms with Gasteiger partial charge in [0.25, 0.3) is 0 Å². The highest BCUT2D eigenvalue weighted by molar-refractivity contribution is 8.76. The molecule has 0 bridgehead atoms. The van der Waals surface area contributed by atoms with Gasteiger partial charge in [-0.15, -0.1) is 0 Å². The van der Waals surface area contributed by atoms with Crippen LogP contribution in [0.1, 0.15) is 32.1 Å². The predicted octanol–water partition coefficient (Wildman–Crippen LogP) is -0.691. The Bertz CT molecular complexity index is 733. The average molecular weight is 686 g/mol. The van der Waals surface area contributed by atoms with Gasteiger partial charge in [-0.2, -0.15) is 0 Å². The van der Waals surface area contributed by atoms with Gasteiger partial charge in [-0.3, -0.25) is 19.2 Å². The molecule has 0 saturated heterocycles. The van der Waals surface area contributed by atoms with Crippen LogP contribution in [0.15, 0.2) is 0 Å². The van der Waals surface area contributed by atoms with Gasteiger partial charge in [-0.1, -0.05) is 21.6 Å². The monoisotopic (exact) mass is 685 g/mol. The van der Waals surface area contributed by atoms with Crippen LogP contribution < -0.4 is 21.7 Å². The molecule has 0 rings (SSSR count). The SMILES string of the molecule is NC(=O)CCSSCCC(=O)NCCOCCOCCOCCOCCOCCOCNC(=O)CCCC(=O)NCCO[Si]. The van der Waals surface area contributed by atoms with E-state index in [1.807, 2.05) is 0 Å². The van der Waals surface area contributed by atoms with E-state index in [4.69, 9.17) is 34.2 Å². The number of hydrogen-bond acceptors (Lipinski definition) is 13. The lowest BCUT2D eigenvalue weighted by Gasteiger charge is -2.09.